The van der Waals surface area contributed by atoms with Crippen LogP contribution in [-0.2, 0) is 11.4 Å². The zero-order chi connectivity index (χ0) is 29.4. The average molecular weight is 580 g/mol. The maximum atomic E-state index is 10.5. The third kappa shape index (κ3) is 9.85. The number of allylic oxidation sites excluding steroid dienone is 1. The standard InChI is InChI=1S/C37H40O4S/c1-2-35(30-15-9-6-10-16-30)37(32-19-23-34(24-20-32)41-27-29-13-7-5-8-14-29)31-17-21-33(22-18-31)40-25-11-3-4-12-26-42-28-36(38)39/h5-10,13-24H,2-4,11-12,25-28H2,1H3,(H,38,39)/p-1/b37-35+. The largest absolute Gasteiger partial charge is 0.549 e. The van der Waals surface area contributed by atoms with Crippen LogP contribution in [0.2, 0.25) is 0 Å². The lowest BCUT2D eigenvalue weighted by Gasteiger charge is -2.17. The molecule has 218 valence electrons. The number of hydrogen-bond donors (Lipinski definition) is 0. The van der Waals surface area contributed by atoms with Crippen LogP contribution in [0, 0.1) is 0 Å². The van der Waals surface area contributed by atoms with Gasteiger partial charge in [-0.05, 0) is 82.7 Å². The summed E-state index contributed by atoms with van der Waals surface area (Å²) in [6.07, 6.45) is 5.04. The van der Waals surface area contributed by atoms with Crippen LogP contribution in [0.3, 0.4) is 0 Å². The molecule has 0 bridgehead atoms. The molecule has 0 aromatic heterocycles. The number of thioether (sulfide) groups is 1. The van der Waals surface area contributed by atoms with Gasteiger partial charge in [0.05, 0.1) is 12.6 Å². The molecule has 0 amide bonds. The van der Waals surface area contributed by atoms with Crippen molar-refractivity contribution in [3.63, 3.8) is 0 Å². The van der Waals surface area contributed by atoms with E-state index in [-0.39, 0.29) is 5.75 Å². The quantitative estimate of drug-likeness (QED) is 0.0936. The molecule has 0 saturated heterocycles. The van der Waals surface area contributed by atoms with Crippen molar-refractivity contribution in [1.29, 1.82) is 0 Å². The summed E-state index contributed by atoms with van der Waals surface area (Å²) in [7, 11) is 0. The average Bonchev–Trinajstić information content (AvgIpc) is 3.03. The van der Waals surface area contributed by atoms with Crippen molar-refractivity contribution in [2.45, 2.75) is 45.6 Å². The minimum Gasteiger partial charge on any atom is -0.549 e. The van der Waals surface area contributed by atoms with E-state index in [0.29, 0.717) is 13.2 Å². The number of unbranched alkanes of at least 4 members (excludes halogenated alkanes) is 3. The number of hydrogen-bond acceptors (Lipinski definition) is 5. The smallest absolute Gasteiger partial charge is 0.119 e. The zero-order valence-corrected chi connectivity index (χ0v) is 25.1. The lowest BCUT2D eigenvalue weighted by molar-refractivity contribution is -0.301. The van der Waals surface area contributed by atoms with Crippen LogP contribution in [-0.4, -0.2) is 24.1 Å². The molecule has 4 aromatic rings. The molecule has 0 unspecified atom stereocenters. The number of benzene rings is 4. The van der Waals surface area contributed by atoms with Gasteiger partial charge in [-0.3, -0.25) is 0 Å². The Kier molecular flexibility index (Phi) is 12.6. The summed E-state index contributed by atoms with van der Waals surface area (Å²) in [5, 5.41) is 10.5. The van der Waals surface area contributed by atoms with Crippen LogP contribution in [0.4, 0.5) is 0 Å². The first-order valence-corrected chi connectivity index (χ1v) is 15.9. The van der Waals surface area contributed by atoms with E-state index in [4.69, 9.17) is 9.47 Å². The highest BCUT2D eigenvalue weighted by Gasteiger charge is 2.14. The van der Waals surface area contributed by atoms with Crippen LogP contribution in [0.1, 0.15) is 61.3 Å². The van der Waals surface area contributed by atoms with Crippen LogP contribution < -0.4 is 14.6 Å². The summed E-state index contributed by atoms with van der Waals surface area (Å²) < 4.78 is 12.1. The molecular weight excluding hydrogens is 540 g/mol. The Bertz CT molecular complexity index is 1380. The van der Waals surface area contributed by atoms with Crippen LogP contribution in [0.5, 0.6) is 11.5 Å². The Labute approximate surface area is 254 Å². The van der Waals surface area contributed by atoms with Crippen molar-refractivity contribution in [2.24, 2.45) is 0 Å². The van der Waals surface area contributed by atoms with Gasteiger partial charge in [0.1, 0.15) is 18.1 Å². The van der Waals surface area contributed by atoms with Gasteiger partial charge in [0.25, 0.3) is 0 Å². The van der Waals surface area contributed by atoms with E-state index in [1.807, 2.05) is 18.2 Å². The van der Waals surface area contributed by atoms with E-state index in [2.05, 4.69) is 97.9 Å². The predicted molar refractivity (Wildman–Crippen MR) is 173 cm³/mol. The molecule has 0 saturated carbocycles. The third-order valence-corrected chi connectivity index (χ3v) is 8.00. The lowest BCUT2D eigenvalue weighted by atomic mass is 9.88. The first-order valence-electron chi connectivity index (χ1n) is 14.7. The topological polar surface area (TPSA) is 58.6 Å². The number of carbonyl (C=O) groups excluding carboxylic acids is 1. The molecule has 4 rings (SSSR count). The summed E-state index contributed by atoms with van der Waals surface area (Å²) in [6, 6.07) is 37.6. The molecule has 0 N–H and O–H groups in total. The van der Waals surface area contributed by atoms with E-state index in [9.17, 15) is 9.90 Å². The zero-order valence-electron chi connectivity index (χ0n) is 24.3. The van der Waals surface area contributed by atoms with Gasteiger partial charge >= 0.3 is 0 Å². The maximum absolute atomic E-state index is 10.5. The molecule has 4 aromatic carbocycles. The number of ether oxygens (including phenoxy) is 2. The van der Waals surface area contributed by atoms with Crippen molar-refractivity contribution >= 4 is 28.9 Å². The molecule has 42 heavy (non-hydrogen) atoms. The van der Waals surface area contributed by atoms with Crippen LogP contribution >= 0.6 is 11.8 Å². The van der Waals surface area contributed by atoms with Gasteiger partial charge in [-0.25, -0.2) is 0 Å². The van der Waals surface area contributed by atoms with E-state index in [1.165, 1.54) is 28.5 Å². The molecule has 0 aliphatic carbocycles. The first-order chi connectivity index (χ1) is 20.6. The van der Waals surface area contributed by atoms with Crippen molar-refractivity contribution in [3.05, 3.63) is 131 Å². The second-order valence-electron chi connectivity index (χ2n) is 10.1. The minimum atomic E-state index is -0.991. The Balaban J connectivity index is 1.42. The highest BCUT2D eigenvalue weighted by molar-refractivity contribution is 7.99. The molecule has 0 radical (unpaired) electrons. The molecule has 0 aliphatic rings. The van der Waals surface area contributed by atoms with E-state index in [1.54, 1.807) is 0 Å². The molecular formula is C37H39O4S-. The number of carbonyl (C=O) groups is 1. The van der Waals surface area contributed by atoms with E-state index >= 15 is 0 Å². The van der Waals surface area contributed by atoms with Crippen molar-refractivity contribution in [3.8, 4) is 11.5 Å². The van der Waals surface area contributed by atoms with Gasteiger partial charge in [-0.2, -0.15) is 11.8 Å². The summed E-state index contributed by atoms with van der Waals surface area (Å²) in [5.41, 5.74) is 7.16. The van der Waals surface area contributed by atoms with Crippen molar-refractivity contribution in [1.82, 2.24) is 0 Å². The summed E-state index contributed by atoms with van der Waals surface area (Å²) in [5.74, 6) is 1.66. The fourth-order valence-corrected chi connectivity index (χ4v) is 5.58. The number of carboxylic acids is 1. The summed E-state index contributed by atoms with van der Waals surface area (Å²) >= 11 is 1.42. The molecule has 0 atom stereocenters. The van der Waals surface area contributed by atoms with E-state index < -0.39 is 5.97 Å². The Morgan fingerprint density at radius 3 is 1.83 bits per heavy atom. The normalized spacial score (nSPS) is 11.5. The van der Waals surface area contributed by atoms with Gasteiger partial charge in [0, 0.05) is 5.75 Å². The molecule has 4 nitrogen and oxygen atoms in total. The molecule has 5 heteroatoms. The Morgan fingerprint density at radius 1 is 0.667 bits per heavy atom. The third-order valence-electron chi connectivity index (χ3n) is 6.98. The predicted octanol–water partition coefficient (Wildman–Crippen LogP) is 8.06. The van der Waals surface area contributed by atoms with Gasteiger partial charge in [0.2, 0.25) is 0 Å². The second-order valence-corrected chi connectivity index (χ2v) is 11.2. The Hall–Kier alpha value is -3.96. The monoisotopic (exact) mass is 579 g/mol. The fourth-order valence-electron chi connectivity index (χ4n) is 4.86. The lowest BCUT2D eigenvalue weighted by Crippen LogP contribution is -2.24. The van der Waals surface area contributed by atoms with Gasteiger partial charge in [-0.15, -0.1) is 0 Å². The summed E-state index contributed by atoms with van der Waals surface area (Å²) in [6.45, 7) is 3.42. The minimum absolute atomic E-state index is 0.0790. The van der Waals surface area contributed by atoms with Gasteiger partial charge in [0.15, 0.2) is 0 Å². The van der Waals surface area contributed by atoms with Crippen molar-refractivity contribution in [2.75, 3.05) is 18.1 Å². The molecule has 0 fully saturated rings. The number of aliphatic carboxylic acids is 1. The fraction of sp³-hybridized carbons (Fsp3) is 0.270. The molecule has 0 aliphatic heterocycles. The maximum Gasteiger partial charge on any atom is 0.119 e. The SMILES string of the molecule is CC/C(=C(/c1ccc(OCCCCCCSCC(=O)[O-])cc1)c1ccc(OCc2ccccc2)cc1)c1ccccc1. The van der Waals surface area contributed by atoms with Crippen LogP contribution in [0.15, 0.2) is 109 Å². The number of carboxylic acid groups (broad SMARTS) is 1. The first kappa shape index (κ1) is 31.0. The van der Waals surface area contributed by atoms with Gasteiger partial charge in [-0.1, -0.05) is 105 Å². The van der Waals surface area contributed by atoms with E-state index in [0.717, 1.165) is 66.0 Å². The molecule has 0 heterocycles. The number of rotatable bonds is 17. The highest BCUT2D eigenvalue weighted by atomic mass is 32.2. The molecule has 0 spiro atoms. The Morgan fingerprint density at radius 2 is 1.24 bits per heavy atom. The van der Waals surface area contributed by atoms with Crippen LogP contribution in [0.25, 0.3) is 11.1 Å². The second kappa shape index (κ2) is 17.1. The summed E-state index contributed by atoms with van der Waals surface area (Å²) in [4.78, 5) is 10.5. The van der Waals surface area contributed by atoms with Crippen molar-refractivity contribution < 1.29 is 19.4 Å². The highest BCUT2D eigenvalue weighted by Crippen LogP contribution is 2.35. The van der Waals surface area contributed by atoms with Gasteiger partial charge < -0.3 is 19.4 Å².